The molecule has 26 heteroatoms. The lowest BCUT2D eigenvalue weighted by atomic mass is 10.00. The van der Waals surface area contributed by atoms with Crippen molar-refractivity contribution >= 4 is 76.0 Å². The quantitative estimate of drug-likeness (QED) is 0.0307. The maximum Gasteiger partial charge on any atom is 0.326 e. The molecule has 1 heterocycles. The topological polar surface area (TPSA) is 433 Å². The molecule has 2 aromatic carbocycles. The molecule has 422 valence electrons. The summed E-state index contributed by atoms with van der Waals surface area (Å²) in [5.74, 6) is -12.2. The molecule has 0 spiro atoms. The van der Waals surface area contributed by atoms with E-state index >= 15 is 0 Å². The van der Waals surface area contributed by atoms with Crippen LogP contribution in [-0.4, -0.2) is 158 Å². The number of hydrogen-bond donors (Lipinski definition) is 15. The molecule has 10 atom stereocenters. The van der Waals surface area contributed by atoms with E-state index in [0.717, 1.165) is 0 Å². The Morgan fingerprint density at radius 1 is 0.545 bits per heavy atom. The van der Waals surface area contributed by atoms with Crippen molar-refractivity contribution in [2.45, 2.75) is 147 Å². The summed E-state index contributed by atoms with van der Waals surface area (Å²) in [5.41, 5.74) is 12.5. The minimum absolute atomic E-state index is 0.00818. The molecule has 0 aliphatic heterocycles. The smallest absolute Gasteiger partial charge is 0.326 e. The van der Waals surface area contributed by atoms with Crippen LogP contribution in [0.5, 0.6) is 0 Å². The average Bonchev–Trinajstić information content (AvgIpc) is 3.77. The molecular formula is C51H73N11O15. The van der Waals surface area contributed by atoms with Crippen molar-refractivity contribution in [1.82, 2.24) is 47.5 Å². The van der Waals surface area contributed by atoms with Crippen LogP contribution in [0.1, 0.15) is 84.8 Å². The molecular weight excluding hydrogens is 1010 g/mol. The minimum Gasteiger partial charge on any atom is -0.481 e. The standard InChI is InChI=1S/C51H73N11O15/c1-25(2)18-34(57-43(68)27(5)55-50(75)42(53)28(6)64)45(70)61-38(22-41(66)67)48(73)59-36(20-29-12-8-7-9-13-29)46(71)62-39(24-63)49(74)60-37(21-30-23-54-32-15-11-10-14-31(30)32)47(72)58-35(19-26(3)4)44(69)56-33(51(76)77)16-17-40(52)65/h7-15,23,25-28,33-39,42,54,63-64H,16-22,24,53H2,1-6H3,(H2,52,65)(H,55,75)(H,56,69)(H,57,68)(H,58,72)(H,59,73)(H,60,74)(H,61,70)(H,62,71)(H,66,67)(H,76,77). The summed E-state index contributed by atoms with van der Waals surface area (Å²) < 4.78 is 0. The Morgan fingerprint density at radius 2 is 1.00 bits per heavy atom. The van der Waals surface area contributed by atoms with Crippen LogP contribution in [0.15, 0.2) is 60.8 Å². The van der Waals surface area contributed by atoms with Gasteiger partial charge in [-0.2, -0.15) is 0 Å². The zero-order valence-electron chi connectivity index (χ0n) is 43.8. The van der Waals surface area contributed by atoms with Gasteiger partial charge in [0.15, 0.2) is 0 Å². The van der Waals surface area contributed by atoms with Gasteiger partial charge in [0.2, 0.25) is 53.2 Å². The van der Waals surface area contributed by atoms with Gasteiger partial charge in [0.1, 0.15) is 54.4 Å². The number of rotatable bonds is 32. The first-order valence-corrected chi connectivity index (χ1v) is 25.0. The predicted octanol–water partition coefficient (Wildman–Crippen LogP) is -2.53. The zero-order valence-corrected chi connectivity index (χ0v) is 43.8. The number of aliphatic hydroxyl groups is 2. The maximum atomic E-state index is 14.3. The fraction of sp³-hybridized carbons (Fsp3) is 0.510. The Hall–Kier alpha value is -7.97. The van der Waals surface area contributed by atoms with Crippen molar-refractivity contribution in [1.29, 1.82) is 0 Å². The van der Waals surface area contributed by atoms with E-state index in [9.17, 15) is 73.2 Å². The van der Waals surface area contributed by atoms with Gasteiger partial charge in [0.25, 0.3) is 0 Å². The van der Waals surface area contributed by atoms with Crippen molar-refractivity contribution in [2.75, 3.05) is 6.61 Å². The number of aliphatic hydroxyl groups excluding tert-OH is 2. The second-order valence-corrected chi connectivity index (χ2v) is 19.6. The largest absolute Gasteiger partial charge is 0.481 e. The second-order valence-electron chi connectivity index (χ2n) is 19.6. The lowest BCUT2D eigenvalue weighted by Gasteiger charge is -2.28. The highest BCUT2D eigenvalue weighted by Gasteiger charge is 2.36. The van der Waals surface area contributed by atoms with Crippen LogP contribution in [0.4, 0.5) is 0 Å². The number of fused-ring (bicyclic) bond motifs is 1. The van der Waals surface area contributed by atoms with Crippen LogP contribution >= 0.6 is 0 Å². The van der Waals surface area contributed by atoms with Gasteiger partial charge in [0.05, 0.1) is 19.1 Å². The third-order valence-corrected chi connectivity index (χ3v) is 12.0. The van der Waals surface area contributed by atoms with Crippen LogP contribution in [0.3, 0.4) is 0 Å². The molecule has 9 amide bonds. The van der Waals surface area contributed by atoms with E-state index in [-0.39, 0.29) is 50.4 Å². The molecule has 3 aromatic rings. The highest BCUT2D eigenvalue weighted by Crippen LogP contribution is 2.20. The SMILES string of the molecule is CC(C)CC(NC(=O)C(C)NC(=O)C(N)C(C)O)C(=O)NC(CC(=O)O)C(=O)NC(Cc1ccccc1)C(=O)NC(CO)C(=O)NC(Cc1c[nH]c2ccccc12)C(=O)NC(CC(C)C)C(=O)NC(CCC(N)=O)C(=O)O. The number of nitrogens with one attached hydrogen (secondary N) is 9. The van der Waals surface area contributed by atoms with E-state index in [1.165, 1.54) is 13.8 Å². The Bertz CT molecular complexity index is 2560. The van der Waals surface area contributed by atoms with Gasteiger partial charge < -0.3 is 79.4 Å². The summed E-state index contributed by atoms with van der Waals surface area (Å²) in [5, 5.41) is 59.9. The average molecular weight is 1080 g/mol. The lowest BCUT2D eigenvalue weighted by Crippen LogP contribution is -2.61. The monoisotopic (exact) mass is 1080 g/mol. The lowest BCUT2D eigenvalue weighted by molar-refractivity contribution is -0.143. The Kier molecular flexibility index (Phi) is 25.1. The van der Waals surface area contributed by atoms with Crippen LogP contribution < -0.4 is 54.0 Å². The van der Waals surface area contributed by atoms with Gasteiger partial charge in [-0.05, 0) is 62.1 Å². The summed E-state index contributed by atoms with van der Waals surface area (Å²) in [4.78, 5) is 148. The number of para-hydroxylation sites is 1. The number of hydrogen-bond acceptors (Lipinski definition) is 14. The van der Waals surface area contributed by atoms with Crippen molar-refractivity contribution in [3.05, 3.63) is 71.9 Å². The minimum atomic E-state index is -1.87. The number of carboxylic acids is 2. The molecule has 0 radical (unpaired) electrons. The Balaban J connectivity index is 1.93. The predicted molar refractivity (Wildman–Crippen MR) is 277 cm³/mol. The van der Waals surface area contributed by atoms with Crippen molar-refractivity contribution < 1.29 is 73.2 Å². The number of amides is 9. The van der Waals surface area contributed by atoms with Crippen LogP contribution in [0.2, 0.25) is 0 Å². The van der Waals surface area contributed by atoms with E-state index in [0.29, 0.717) is 22.0 Å². The van der Waals surface area contributed by atoms with E-state index < -0.39 is 139 Å². The molecule has 77 heavy (non-hydrogen) atoms. The van der Waals surface area contributed by atoms with Gasteiger partial charge in [-0.15, -0.1) is 0 Å². The number of primary amides is 1. The Morgan fingerprint density at radius 3 is 1.52 bits per heavy atom. The highest BCUT2D eigenvalue weighted by atomic mass is 16.4. The number of H-pyrrole nitrogens is 1. The first kappa shape index (κ1) is 63.3. The maximum absolute atomic E-state index is 14.3. The molecule has 0 saturated carbocycles. The van der Waals surface area contributed by atoms with Gasteiger partial charge in [-0.25, -0.2) is 4.79 Å². The highest BCUT2D eigenvalue weighted by molar-refractivity contribution is 5.99. The zero-order chi connectivity index (χ0) is 57.7. The first-order chi connectivity index (χ1) is 36.2. The molecule has 1 aromatic heterocycles. The van der Waals surface area contributed by atoms with Crippen molar-refractivity contribution in [3.63, 3.8) is 0 Å². The second kappa shape index (κ2) is 30.5. The number of carboxylic acid groups (broad SMARTS) is 2. The molecule has 0 aliphatic rings. The van der Waals surface area contributed by atoms with Gasteiger partial charge in [-0.3, -0.25) is 47.9 Å². The first-order valence-electron chi connectivity index (χ1n) is 25.0. The molecule has 0 bridgehead atoms. The van der Waals surface area contributed by atoms with E-state index in [1.807, 2.05) is 0 Å². The number of benzene rings is 2. The number of nitrogens with two attached hydrogens (primary N) is 2. The van der Waals surface area contributed by atoms with Gasteiger partial charge in [-0.1, -0.05) is 76.2 Å². The number of aliphatic carboxylic acids is 2. The van der Waals surface area contributed by atoms with Crippen LogP contribution in [-0.2, 0) is 65.6 Å². The van der Waals surface area contributed by atoms with Crippen LogP contribution in [0, 0.1) is 11.8 Å². The Labute approximate surface area is 444 Å². The molecule has 3 rings (SSSR count). The summed E-state index contributed by atoms with van der Waals surface area (Å²) in [6, 6.07) is 1.38. The number of carbonyl (C=O) groups excluding carboxylic acids is 9. The molecule has 0 aliphatic carbocycles. The third-order valence-electron chi connectivity index (χ3n) is 12.0. The molecule has 0 saturated heterocycles. The normalized spacial score (nSPS) is 15.2. The summed E-state index contributed by atoms with van der Waals surface area (Å²) in [7, 11) is 0. The van der Waals surface area contributed by atoms with E-state index in [1.54, 1.807) is 88.5 Å². The van der Waals surface area contributed by atoms with Crippen molar-refractivity contribution in [2.24, 2.45) is 23.3 Å². The van der Waals surface area contributed by atoms with Crippen LogP contribution in [0.25, 0.3) is 10.9 Å². The number of aromatic amines is 1. The third kappa shape index (κ3) is 20.9. The summed E-state index contributed by atoms with van der Waals surface area (Å²) in [6.07, 6.45) is -1.91. The number of aromatic nitrogens is 1. The fourth-order valence-corrected chi connectivity index (χ4v) is 7.84. The molecule has 17 N–H and O–H groups in total. The van der Waals surface area contributed by atoms with E-state index in [4.69, 9.17) is 11.5 Å². The molecule has 26 nitrogen and oxygen atoms in total. The van der Waals surface area contributed by atoms with E-state index in [2.05, 4.69) is 47.5 Å². The van der Waals surface area contributed by atoms with Gasteiger partial charge in [0, 0.05) is 36.4 Å². The number of carbonyl (C=O) groups is 11. The van der Waals surface area contributed by atoms with Gasteiger partial charge >= 0.3 is 11.9 Å². The molecule has 10 unspecified atom stereocenters. The van der Waals surface area contributed by atoms with Crippen molar-refractivity contribution in [3.8, 4) is 0 Å². The summed E-state index contributed by atoms with van der Waals surface area (Å²) in [6.45, 7) is 8.41. The molecule has 0 fully saturated rings. The summed E-state index contributed by atoms with van der Waals surface area (Å²) >= 11 is 0. The fourth-order valence-electron chi connectivity index (χ4n) is 7.84.